The maximum Gasteiger partial charge on any atom is 0.185 e. The summed E-state index contributed by atoms with van der Waals surface area (Å²) in [6.07, 6.45) is 5.89. The Morgan fingerprint density at radius 2 is 2.35 bits per heavy atom. The van der Waals surface area contributed by atoms with E-state index in [-0.39, 0.29) is 0 Å². The highest BCUT2D eigenvalue weighted by Gasteiger charge is 2.39. The Morgan fingerprint density at radius 1 is 1.47 bits per heavy atom. The van der Waals surface area contributed by atoms with Gasteiger partial charge in [-0.15, -0.1) is 22.9 Å². The van der Waals surface area contributed by atoms with Crippen molar-refractivity contribution in [2.24, 2.45) is 17.8 Å². The number of rotatable bonds is 4. The van der Waals surface area contributed by atoms with Gasteiger partial charge in [0.2, 0.25) is 0 Å². The van der Waals surface area contributed by atoms with Gasteiger partial charge in [-0.3, -0.25) is 0 Å². The number of hydrogen-bond donors (Lipinski definition) is 0. The first-order chi connectivity index (χ1) is 8.26. The van der Waals surface area contributed by atoms with Gasteiger partial charge in [-0.05, 0) is 37.0 Å². The maximum atomic E-state index is 5.79. The molecule has 2 aliphatic carbocycles. The van der Waals surface area contributed by atoms with E-state index in [0.29, 0.717) is 5.88 Å². The molecule has 2 aliphatic rings. The quantitative estimate of drug-likeness (QED) is 0.775. The van der Waals surface area contributed by atoms with Crippen LogP contribution in [-0.2, 0) is 5.88 Å². The zero-order chi connectivity index (χ0) is 11.8. The highest BCUT2D eigenvalue weighted by atomic mass is 35.5. The third-order valence-electron chi connectivity index (χ3n) is 4.40. The lowest BCUT2D eigenvalue weighted by atomic mass is 9.88. The molecule has 0 aromatic carbocycles. The van der Waals surface area contributed by atoms with Crippen molar-refractivity contribution >= 4 is 28.1 Å². The minimum absolute atomic E-state index is 0.526. The first-order valence-corrected chi connectivity index (χ1v) is 7.89. The molecular formula is C13H19ClN2S. The van der Waals surface area contributed by atoms with Gasteiger partial charge in [0, 0.05) is 19.0 Å². The Hall–Kier alpha value is -0.280. The van der Waals surface area contributed by atoms with Crippen molar-refractivity contribution in [3.8, 4) is 0 Å². The predicted molar refractivity (Wildman–Crippen MR) is 73.9 cm³/mol. The molecule has 2 saturated carbocycles. The maximum absolute atomic E-state index is 5.79. The number of halogens is 1. The minimum atomic E-state index is 0.526. The molecule has 17 heavy (non-hydrogen) atoms. The standard InChI is InChI=1S/C13H19ClN2S/c1-16(13-15-12(6-14)8-17-13)7-11-5-9-2-3-10(11)4-9/h8-11H,2-7H2,1H3. The fraction of sp³-hybridized carbons (Fsp3) is 0.769. The van der Waals surface area contributed by atoms with Gasteiger partial charge in [0.05, 0.1) is 11.6 Å². The van der Waals surface area contributed by atoms with E-state index in [1.54, 1.807) is 11.3 Å². The molecule has 0 radical (unpaired) electrons. The number of nitrogens with zero attached hydrogens (tertiary/aromatic N) is 2. The largest absolute Gasteiger partial charge is 0.351 e. The predicted octanol–water partition coefficient (Wildman–Crippen LogP) is 3.75. The Balaban J connectivity index is 1.61. The molecule has 1 aromatic rings. The Labute approximate surface area is 112 Å². The molecule has 1 heterocycles. The van der Waals surface area contributed by atoms with Gasteiger partial charge in [-0.1, -0.05) is 6.42 Å². The van der Waals surface area contributed by atoms with Gasteiger partial charge in [0.25, 0.3) is 0 Å². The van der Waals surface area contributed by atoms with Gasteiger partial charge in [0.1, 0.15) is 0 Å². The van der Waals surface area contributed by atoms with Crippen molar-refractivity contribution in [2.75, 3.05) is 18.5 Å². The SMILES string of the molecule is CN(CC1CC2CCC1C2)c1nc(CCl)cs1. The Kier molecular flexibility index (Phi) is 3.31. The normalized spacial score (nSPS) is 31.1. The summed E-state index contributed by atoms with van der Waals surface area (Å²) in [5.41, 5.74) is 1.01. The highest BCUT2D eigenvalue weighted by Crippen LogP contribution is 2.48. The van der Waals surface area contributed by atoms with E-state index in [1.165, 1.54) is 32.2 Å². The first-order valence-electron chi connectivity index (χ1n) is 6.47. The van der Waals surface area contributed by atoms with Gasteiger partial charge >= 0.3 is 0 Å². The van der Waals surface area contributed by atoms with Crippen molar-refractivity contribution in [3.63, 3.8) is 0 Å². The average Bonchev–Trinajstić information content (AvgIpc) is 3.04. The van der Waals surface area contributed by atoms with Crippen molar-refractivity contribution in [1.82, 2.24) is 4.98 Å². The summed E-state index contributed by atoms with van der Waals surface area (Å²) < 4.78 is 0. The monoisotopic (exact) mass is 270 g/mol. The highest BCUT2D eigenvalue weighted by molar-refractivity contribution is 7.13. The molecule has 0 N–H and O–H groups in total. The summed E-state index contributed by atoms with van der Waals surface area (Å²) in [5, 5.41) is 3.20. The third-order valence-corrected chi connectivity index (χ3v) is 5.67. The fourth-order valence-electron chi connectivity index (χ4n) is 3.56. The van der Waals surface area contributed by atoms with Crippen LogP contribution in [-0.4, -0.2) is 18.6 Å². The van der Waals surface area contributed by atoms with E-state index in [1.807, 2.05) is 0 Å². The molecule has 3 rings (SSSR count). The molecule has 1 aromatic heterocycles. The van der Waals surface area contributed by atoms with E-state index in [2.05, 4.69) is 22.3 Å². The van der Waals surface area contributed by atoms with Gasteiger partial charge < -0.3 is 4.90 Å². The molecule has 0 amide bonds. The topological polar surface area (TPSA) is 16.1 Å². The van der Waals surface area contributed by atoms with Crippen molar-refractivity contribution in [1.29, 1.82) is 0 Å². The van der Waals surface area contributed by atoms with Crippen LogP contribution >= 0.6 is 22.9 Å². The zero-order valence-electron chi connectivity index (χ0n) is 10.2. The molecule has 4 heteroatoms. The van der Waals surface area contributed by atoms with E-state index < -0.39 is 0 Å². The number of fused-ring (bicyclic) bond motifs is 2. The Morgan fingerprint density at radius 3 is 2.94 bits per heavy atom. The lowest BCUT2D eigenvalue weighted by Gasteiger charge is -2.26. The number of alkyl halides is 1. The van der Waals surface area contributed by atoms with Gasteiger partial charge in [-0.2, -0.15) is 0 Å². The summed E-state index contributed by atoms with van der Waals surface area (Å²) >= 11 is 7.51. The molecular weight excluding hydrogens is 252 g/mol. The number of anilines is 1. The second-order valence-electron chi connectivity index (χ2n) is 5.57. The number of aromatic nitrogens is 1. The van der Waals surface area contributed by atoms with Crippen LogP contribution in [0.1, 0.15) is 31.4 Å². The molecule has 3 atom stereocenters. The van der Waals surface area contributed by atoms with Crippen LogP contribution in [0, 0.1) is 17.8 Å². The third kappa shape index (κ3) is 2.32. The smallest absolute Gasteiger partial charge is 0.185 e. The van der Waals surface area contributed by atoms with Gasteiger partial charge in [0.15, 0.2) is 5.13 Å². The minimum Gasteiger partial charge on any atom is -0.351 e. The summed E-state index contributed by atoms with van der Waals surface area (Å²) in [7, 11) is 2.17. The molecule has 2 bridgehead atoms. The summed E-state index contributed by atoms with van der Waals surface area (Å²) in [5.74, 6) is 3.46. The van der Waals surface area contributed by atoms with E-state index in [9.17, 15) is 0 Å². The number of thiazole rings is 1. The molecule has 2 nitrogen and oxygen atoms in total. The van der Waals surface area contributed by atoms with Crippen LogP contribution in [0.15, 0.2) is 5.38 Å². The van der Waals surface area contributed by atoms with E-state index in [0.717, 1.165) is 28.6 Å². The summed E-state index contributed by atoms with van der Waals surface area (Å²) in [6, 6.07) is 0. The van der Waals surface area contributed by atoms with Gasteiger partial charge in [-0.25, -0.2) is 4.98 Å². The Bertz CT molecular complexity index is 393. The molecule has 94 valence electrons. The molecule has 0 spiro atoms. The van der Waals surface area contributed by atoms with E-state index >= 15 is 0 Å². The second-order valence-corrected chi connectivity index (χ2v) is 6.67. The summed E-state index contributed by atoms with van der Waals surface area (Å²) in [4.78, 5) is 6.87. The van der Waals surface area contributed by atoms with Crippen molar-refractivity contribution < 1.29 is 0 Å². The van der Waals surface area contributed by atoms with Crippen LogP contribution in [0.5, 0.6) is 0 Å². The zero-order valence-corrected chi connectivity index (χ0v) is 11.8. The van der Waals surface area contributed by atoms with Crippen molar-refractivity contribution in [2.45, 2.75) is 31.6 Å². The van der Waals surface area contributed by atoms with Crippen LogP contribution < -0.4 is 4.90 Å². The summed E-state index contributed by atoms with van der Waals surface area (Å²) in [6.45, 7) is 1.18. The fourth-order valence-corrected chi connectivity index (χ4v) is 4.59. The van der Waals surface area contributed by atoms with E-state index in [4.69, 9.17) is 11.6 Å². The first kappa shape index (κ1) is 11.8. The van der Waals surface area contributed by atoms with Crippen LogP contribution in [0.4, 0.5) is 5.13 Å². The van der Waals surface area contributed by atoms with Crippen LogP contribution in [0.25, 0.3) is 0 Å². The van der Waals surface area contributed by atoms with Crippen molar-refractivity contribution in [3.05, 3.63) is 11.1 Å². The average molecular weight is 271 g/mol. The number of hydrogen-bond acceptors (Lipinski definition) is 3. The molecule has 0 saturated heterocycles. The lowest BCUT2D eigenvalue weighted by Crippen LogP contribution is -2.28. The van der Waals surface area contributed by atoms with Crippen LogP contribution in [0.3, 0.4) is 0 Å². The molecule has 3 unspecified atom stereocenters. The molecule has 2 fully saturated rings. The van der Waals surface area contributed by atoms with Crippen LogP contribution in [0.2, 0.25) is 0 Å². The second kappa shape index (κ2) is 4.77. The lowest BCUT2D eigenvalue weighted by molar-refractivity contribution is 0.337. The molecule has 0 aliphatic heterocycles.